The maximum absolute atomic E-state index is 12.1. The van der Waals surface area contributed by atoms with Crippen LogP contribution in [-0.2, 0) is 16.1 Å². The fraction of sp³-hybridized carbons (Fsp3) is 0.562. The molecule has 0 bridgehead atoms. The van der Waals surface area contributed by atoms with E-state index in [0.29, 0.717) is 5.92 Å². The van der Waals surface area contributed by atoms with Gasteiger partial charge in [-0.05, 0) is 18.4 Å². The molecule has 2 atom stereocenters. The number of hydrogen-bond acceptors (Lipinski definition) is 3. The lowest BCUT2D eigenvalue weighted by atomic mass is 9.78. The number of carbonyl (C=O) groups is 1. The standard InChI is InChI=1S/C16H23NO2/c1-4-14-11-17(10-13-8-6-5-7-9-13)12-16(14,2)15(18)19-3/h5-9,14H,4,10-12H2,1-3H3. The van der Waals surface area contributed by atoms with Crippen LogP contribution in [0.2, 0.25) is 0 Å². The Morgan fingerprint density at radius 3 is 2.68 bits per heavy atom. The zero-order valence-corrected chi connectivity index (χ0v) is 12.1. The Morgan fingerprint density at radius 1 is 1.42 bits per heavy atom. The number of benzene rings is 1. The fourth-order valence-corrected chi connectivity index (χ4v) is 3.18. The minimum atomic E-state index is -0.363. The molecule has 0 aliphatic carbocycles. The number of carbonyl (C=O) groups excluding carboxylic acids is 1. The van der Waals surface area contributed by atoms with E-state index in [1.54, 1.807) is 0 Å². The molecule has 1 aliphatic heterocycles. The average Bonchev–Trinajstić information content (AvgIpc) is 2.76. The highest BCUT2D eigenvalue weighted by Crippen LogP contribution is 2.39. The van der Waals surface area contributed by atoms with Crippen molar-refractivity contribution in [3.8, 4) is 0 Å². The maximum Gasteiger partial charge on any atom is 0.313 e. The van der Waals surface area contributed by atoms with Gasteiger partial charge in [0.05, 0.1) is 12.5 Å². The van der Waals surface area contributed by atoms with E-state index >= 15 is 0 Å². The van der Waals surface area contributed by atoms with E-state index in [4.69, 9.17) is 4.74 Å². The van der Waals surface area contributed by atoms with Gasteiger partial charge in [-0.25, -0.2) is 0 Å². The summed E-state index contributed by atoms with van der Waals surface area (Å²) in [4.78, 5) is 14.4. The summed E-state index contributed by atoms with van der Waals surface area (Å²) < 4.78 is 5.00. The highest BCUT2D eigenvalue weighted by atomic mass is 16.5. The number of hydrogen-bond donors (Lipinski definition) is 0. The second-order valence-electron chi connectivity index (χ2n) is 5.67. The number of esters is 1. The maximum atomic E-state index is 12.1. The highest BCUT2D eigenvalue weighted by molar-refractivity contribution is 5.77. The quantitative estimate of drug-likeness (QED) is 0.780. The summed E-state index contributed by atoms with van der Waals surface area (Å²) in [6.07, 6.45) is 1.01. The van der Waals surface area contributed by atoms with Crippen molar-refractivity contribution in [3.05, 3.63) is 35.9 Å². The molecule has 1 aromatic rings. The van der Waals surface area contributed by atoms with Gasteiger partial charge in [-0.15, -0.1) is 0 Å². The molecule has 104 valence electrons. The summed E-state index contributed by atoms with van der Waals surface area (Å²) in [6.45, 7) is 6.85. The van der Waals surface area contributed by atoms with Crippen molar-refractivity contribution in [3.63, 3.8) is 0 Å². The lowest BCUT2D eigenvalue weighted by Crippen LogP contribution is -2.36. The van der Waals surface area contributed by atoms with E-state index in [2.05, 4.69) is 36.1 Å². The second kappa shape index (κ2) is 5.74. The Labute approximate surface area is 115 Å². The Balaban J connectivity index is 2.09. The first-order valence-corrected chi connectivity index (χ1v) is 6.95. The zero-order valence-electron chi connectivity index (χ0n) is 12.1. The van der Waals surface area contributed by atoms with Gasteiger partial charge in [0.15, 0.2) is 0 Å². The van der Waals surface area contributed by atoms with Crippen LogP contribution in [-0.4, -0.2) is 31.1 Å². The third kappa shape index (κ3) is 2.81. The van der Waals surface area contributed by atoms with Gasteiger partial charge < -0.3 is 4.74 Å². The molecule has 0 aromatic heterocycles. The zero-order chi connectivity index (χ0) is 13.9. The summed E-state index contributed by atoms with van der Waals surface area (Å²) in [7, 11) is 1.49. The minimum Gasteiger partial charge on any atom is -0.469 e. The van der Waals surface area contributed by atoms with Crippen LogP contribution < -0.4 is 0 Å². The number of likely N-dealkylation sites (tertiary alicyclic amines) is 1. The molecule has 3 nitrogen and oxygen atoms in total. The van der Waals surface area contributed by atoms with Crippen molar-refractivity contribution in [2.45, 2.75) is 26.8 Å². The number of nitrogens with zero attached hydrogens (tertiary/aromatic N) is 1. The first kappa shape index (κ1) is 14.1. The van der Waals surface area contributed by atoms with Crippen LogP contribution in [0.5, 0.6) is 0 Å². The van der Waals surface area contributed by atoms with Gasteiger partial charge in [-0.1, -0.05) is 43.7 Å². The first-order valence-electron chi connectivity index (χ1n) is 6.95. The van der Waals surface area contributed by atoms with Crippen LogP contribution in [0.1, 0.15) is 25.8 Å². The first-order chi connectivity index (χ1) is 9.10. The predicted octanol–water partition coefficient (Wildman–Crippen LogP) is 2.71. The highest BCUT2D eigenvalue weighted by Gasteiger charge is 2.48. The molecule has 3 heteroatoms. The van der Waals surface area contributed by atoms with Gasteiger partial charge >= 0.3 is 5.97 Å². The summed E-state index contributed by atoms with van der Waals surface area (Å²) in [5, 5.41) is 0. The summed E-state index contributed by atoms with van der Waals surface area (Å²) in [6, 6.07) is 10.4. The number of ether oxygens (including phenoxy) is 1. The van der Waals surface area contributed by atoms with Crippen LogP contribution >= 0.6 is 0 Å². The lowest BCUT2D eigenvalue weighted by Gasteiger charge is -2.26. The van der Waals surface area contributed by atoms with Crippen LogP contribution in [0.25, 0.3) is 0 Å². The van der Waals surface area contributed by atoms with E-state index in [1.165, 1.54) is 12.7 Å². The Hall–Kier alpha value is -1.35. The topological polar surface area (TPSA) is 29.5 Å². The third-order valence-electron chi connectivity index (χ3n) is 4.33. The molecular weight excluding hydrogens is 238 g/mol. The molecule has 1 fully saturated rings. The van der Waals surface area contributed by atoms with Crippen LogP contribution in [0.3, 0.4) is 0 Å². The molecule has 0 amide bonds. The van der Waals surface area contributed by atoms with Crippen molar-refractivity contribution in [1.82, 2.24) is 4.90 Å². The summed E-state index contributed by atoms with van der Waals surface area (Å²) in [5.41, 5.74) is 0.935. The molecule has 1 heterocycles. The Kier molecular flexibility index (Phi) is 4.25. The Morgan fingerprint density at radius 2 is 2.11 bits per heavy atom. The fourth-order valence-electron chi connectivity index (χ4n) is 3.18. The van der Waals surface area contributed by atoms with Crippen LogP contribution in [0, 0.1) is 11.3 Å². The summed E-state index contributed by atoms with van der Waals surface area (Å²) >= 11 is 0. The molecule has 0 saturated carbocycles. The number of rotatable bonds is 4. The molecule has 0 spiro atoms. The van der Waals surface area contributed by atoms with E-state index in [-0.39, 0.29) is 11.4 Å². The van der Waals surface area contributed by atoms with Crippen molar-refractivity contribution >= 4 is 5.97 Å². The lowest BCUT2D eigenvalue weighted by molar-refractivity contribution is -0.153. The van der Waals surface area contributed by atoms with Crippen LogP contribution in [0.4, 0.5) is 0 Å². The molecule has 1 aliphatic rings. The van der Waals surface area contributed by atoms with Crippen molar-refractivity contribution in [2.24, 2.45) is 11.3 Å². The van der Waals surface area contributed by atoms with E-state index in [1.807, 2.05) is 13.0 Å². The Bertz CT molecular complexity index is 432. The van der Waals surface area contributed by atoms with E-state index in [9.17, 15) is 4.79 Å². The molecule has 0 N–H and O–H groups in total. The van der Waals surface area contributed by atoms with Gasteiger partial charge in [-0.3, -0.25) is 9.69 Å². The molecule has 1 aromatic carbocycles. The van der Waals surface area contributed by atoms with Crippen LogP contribution in [0.15, 0.2) is 30.3 Å². The van der Waals surface area contributed by atoms with Gasteiger partial charge in [-0.2, -0.15) is 0 Å². The normalized spacial score (nSPS) is 27.4. The monoisotopic (exact) mass is 261 g/mol. The van der Waals surface area contributed by atoms with E-state index in [0.717, 1.165) is 26.1 Å². The predicted molar refractivity (Wildman–Crippen MR) is 75.6 cm³/mol. The van der Waals surface area contributed by atoms with Crippen molar-refractivity contribution < 1.29 is 9.53 Å². The molecule has 1 saturated heterocycles. The summed E-state index contributed by atoms with van der Waals surface area (Å²) in [5.74, 6) is 0.304. The third-order valence-corrected chi connectivity index (χ3v) is 4.33. The van der Waals surface area contributed by atoms with Gasteiger partial charge in [0.1, 0.15) is 0 Å². The minimum absolute atomic E-state index is 0.0742. The molecular formula is C16H23NO2. The largest absolute Gasteiger partial charge is 0.469 e. The van der Waals surface area contributed by atoms with Crippen molar-refractivity contribution in [2.75, 3.05) is 20.2 Å². The van der Waals surface area contributed by atoms with Crippen molar-refractivity contribution in [1.29, 1.82) is 0 Å². The smallest absolute Gasteiger partial charge is 0.313 e. The number of methoxy groups -OCH3 is 1. The SMILES string of the molecule is CCC1CN(Cc2ccccc2)CC1(C)C(=O)OC. The molecule has 2 rings (SSSR count). The van der Waals surface area contributed by atoms with Gasteiger partial charge in [0.2, 0.25) is 0 Å². The van der Waals surface area contributed by atoms with Gasteiger partial charge in [0.25, 0.3) is 0 Å². The molecule has 19 heavy (non-hydrogen) atoms. The van der Waals surface area contributed by atoms with Gasteiger partial charge in [0, 0.05) is 19.6 Å². The van der Waals surface area contributed by atoms with E-state index < -0.39 is 0 Å². The molecule has 0 radical (unpaired) electrons. The molecule has 2 unspecified atom stereocenters. The average molecular weight is 261 g/mol. The second-order valence-corrected chi connectivity index (χ2v) is 5.67.